The third-order valence-electron chi connectivity index (χ3n) is 4.95. The van der Waals surface area contributed by atoms with Gasteiger partial charge in [0.25, 0.3) is 0 Å². The molecule has 0 radical (unpaired) electrons. The fourth-order valence-electron chi connectivity index (χ4n) is 3.42. The monoisotopic (exact) mass is 444 g/mol. The first-order valence-electron chi connectivity index (χ1n) is 10.3. The Hall–Kier alpha value is -3.28. The number of carbonyl (C=O) groups is 1. The van der Waals surface area contributed by atoms with Crippen molar-refractivity contribution in [3.05, 3.63) is 91.0 Å². The molecule has 0 saturated carbocycles. The predicted octanol–water partition coefficient (Wildman–Crippen LogP) is 6.00. The number of fused-ring (bicyclic) bond motifs is 2. The van der Waals surface area contributed by atoms with Gasteiger partial charge in [-0.2, -0.15) is 0 Å². The Bertz CT molecular complexity index is 1270. The second-order valence-corrected chi connectivity index (χ2v) is 8.66. The minimum absolute atomic E-state index is 0.00306. The van der Waals surface area contributed by atoms with E-state index >= 15 is 0 Å². The van der Waals surface area contributed by atoms with Crippen LogP contribution in [-0.2, 0) is 9.53 Å². The zero-order valence-corrected chi connectivity index (χ0v) is 18.6. The van der Waals surface area contributed by atoms with Gasteiger partial charge < -0.3 is 14.6 Å². The number of ether oxygens (including phenoxy) is 2. The van der Waals surface area contributed by atoms with E-state index in [-0.39, 0.29) is 13.2 Å². The molecule has 0 bridgehead atoms. The van der Waals surface area contributed by atoms with Crippen LogP contribution in [0.2, 0.25) is 0 Å². The number of hydrogen-bond donors (Lipinski definition) is 1. The summed E-state index contributed by atoms with van der Waals surface area (Å²) < 4.78 is 11.2. The summed E-state index contributed by atoms with van der Waals surface area (Å²) >= 11 is 1.67. The van der Waals surface area contributed by atoms with Crippen molar-refractivity contribution in [2.24, 2.45) is 0 Å². The quantitative estimate of drug-likeness (QED) is 0.205. The average molecular weight is 445 g/mol. The minimum atomic E-state index is -0.957. The van der Waals surface area contributed by atoms with Crippen molar-refractivity contribution in [2.75, 3.05) is 13.2 Å². The van der Waals surface area contributed by atoms with Crippen molar-refractivity contribution in [1.29, 1.82) is 0 Å². The van der Waals surface area contributed by atoms with Gasteiger partial charge in [0.15, 0.2) is 0 Å². The number of aliphatic hydroxyl groups is 1. The first kappa shape index (κ1) is 21.9. The van der Waals surface area contributed by atoms with E-state index in [4.69, 9.17) is 9.47 Å². The normalized spacial score (nSPS) is 11.9. The Morgan fingerprint density at radius 1 is 0.969 bits per heavy atom. The van der Waals surface area contributed by atoms with Gasteiger partial charge in [0.1, 0.15) is 25.1 Å². The maximum Gasteiger partial charge on any atom is 0.333 e. The molecule has 0 aromatic heterocycles. The van der Waals surface area contributed by atoms with E-state index in [0.29, 0.717) is 11.3 Å². The van der Waals surface area contributed by atoms with E-state index in [1.807, 2.05) is 48.5 Å². The third-order valence-corrected chi connectivity index (χ3v) is 6.02. The molecule has 0 saturated heterocycles. The van der Waals surface area contributed by atoms with E-state index in [9.17, 15) is 9.90 Å². The van der Waals surface area contributed by atoms with Gasteiger partial charge in [-0.15, -0.1) is 0 Å². The lowest BCUT2D eigenvalue weighted by molar-refractivity contribution is -0.142. The molecule has 1 atom stereocenters. The summed E-state index contributed by atoms with van der Waals surface area (Å²) in [7, 11) is 0. The van der Waals surface area contributed by atoms with Gasteiger partial charge >= 0.3 is 5.97 Å². The Kier molecular flexibility index (Phi) is 6.78. The SMILES string of the molecule is C=C(C)C(=O)OCC(O)COc1c2ccccc2cc2cccc(Sc3ccccc3)c12. The molecule has 0 spiro atoms. The predicted molar refractivity (Wildman–Crippen MR) is 129 cm³/mol. The van der Waals surface area contributed by atoms with Crippen molar-refractivity contribution < 1.29 is 19.4 Å². The van der Waals surface area contributed by atoms with Crippen LogP contribution in [0.4, 0.5) is 0 Å². The van der Waals surface area contributed by atoms with Crippen molar-refractivity contribution in [3.8, 4) is 5.75 Å². The molecular formula is C27H24O4S. The number of aliphatic hydroxyl groups excluding tert-OH is 1. The first-order valence-corrected chi connectivity index (χ1v) is 11.2. The highest BCUT2D eigenvalue weighted by atomic mass is 32.2. The van der Waals surface area contributed by atoms with Gasteiger partial charge in [-0.25, -0.2) is 4.79 Å². The average Bonchev–Trinajstić information content (AvgIpc) is 2.81. The lowest BCUT2D eigenvalue weighted by atomic mass is 10.0. The third kappa shape index (κ3) is 4.96. The van der Waals surface area contributed by atoms with Crippen LogP contribution in [0.3, 0.4) is 0 Å². The van der Waals surface area contributed by atoms with Crippen molar-refractivity contribution >= 4 is 39.3 Å². The molecule has 1 unspecified atom stereocenters. The second kappa shape index (κ2) is 9.90. The van der Waals surface area contributed by atoms with E-state index in [1.165, 1.54) is 0 Å². The van der Waals surface area contributed by atoms with E-state index < -0.39 is 12.1 Å². The molecule has 0 heterocycles. The van der Waals surface area contributed by atoms with Crippen molar-refractivity contribution in [1.82, 2.24) is 0 Å². The molecule has 4 rings (SSSR count). The molecule has 0 aliphatic carbocycles. The molecule has 0 aliphatic heterocycles. The highest BCUT2D eigenvalue weighted by molar-refractivity contribution is 7.99. The molecule has 5 heteroatoms. The largest absolute Gasteiger partial charge is 0.489 e. The van der Waals surface area contributed by atoms with E-state index in [1.54, 1.807) is 18.7 Å². The van der Waals surface area contributed by atoms with Crippen LogP contribution in [0.1, 0.15) is 6.92 Å². The molecule has 0 amide bonds. The van der Waals surface area contributed by atoms with Gasteiger partial charge in [0.2, 0.25) is 0 Å². The summed E-state index contributed by atoms with van der Waals surface area (Å²) in [5, 5.41) is 14.4. The van der Waals surface area contributed by atoms with Crippen LogP contribution in [-0.4, -0.2) is 30.4 Å². The number of hydrogen-bond acceptors (Lipinski definition) is 5. The number of benzene rings is 4. The highest BCUT2D eigenvalue weighted by Gasteiger charge is 2.16. The highest BCUT2D eigenvalue weighted by Crippen LogP contribution is 2.42. The standard InChI is InChI=1S/C27H24O4S/c1-18(2)27(29)31-17-21(28)16-30-26-23-13-7-6-9-19(23)15-20-10-8-14-24(25(20)26)32-22-11-4-3-5-12-22/h3-15,21,28H,1,16-17H2,2H3. The lowest BCUT2D eigenvalue weighted by Crippen LogP contribution is -2.25. The Labute approximate surface area is 191 Å². The summed E-state index contributed by atoms with van der Waals surface area (Å²) in [6.45, 7) is 4.96. The fourth-order valence-corrected chi connectivity index (χ4v) is 4.42. The maximum atomic E-state index is 11.6. The summed E-state index contributed by atoms with van der Waals surface area (Å²) in [6, 6.07) is 26.5. The number of carbonyl (C=O) groups excluding carboxylic acids is 1. The molecule has 32 heavy (non-hydrogen) atoms. The molecule has 4 aromatic rings. The first-order chi connectivity index (χ1) is 15.5. The maximum absolute atomic E-state index is 11.6. The smallest absolute Gasteiger partial charge is 0.333 e. The van der Waals surface area contributed by atoms with Crippen molar-refractivity contribution in [2.45, 2.75) is 22.8 Å². The Morgan fingerprint density at radius 2 is 1.69 bits per heavy atom. The van der Waals surface area contributed by atoms with Crippen LogP contribution in [0.15, 0.2) is 101 Å². The lowest BCUT2D eigenvalue weighted by Gasteiger charge is -2.18. The summed E-state index contributed by atoms with van der Waals surface area (Å²) in [5.41, 5.74) is 0.292. The van der Waals surface area contributed by atoms with Gasteiger partial charge in [-0.05, 0) is 42.0 Å². The molecule has 0 fully saturated rings. The van der Waals surface area contributed by atoms with Crippen LogP contribution >= 0.6 is 11.8 Å². The topological polar surface area (TPSA) is 55.8 Å². The van der Waals surface area contributed by atoms with Gasteiger partial charge in [0.05, 0.1) is 0 Å². The van der Waals surface area contributed by atoms with Crippen molar-refractivity contribution in [3.63, 3.8) is 0 Å². The van der Waals surface area contributed by atoms with E-state index in [0.717, 1.165) is 31.3 Å². The summed E-state index contributed by atoms with van der Waals surface area (Å²) in [5.74, 6) is 0.184. The van der Waals surface area contributed by atoms with Gasteiger partial charge in [0, 0.05) is 26.1 Å². The summed E-state index contributed by atoms with van der Waals surface area (Å²) in [4.78, 5) is 13.8. The molecule has 162 valence electrons. The Balaban J connectivity index is 1.69. The zero-order valence-electron chi connectivity index (χ0n) is 17.8. The van der Waals surface area contributed by atoms with Gasteiger partial charge in [-0.3, -0.25) is 0 Å². The molecule has 4 aromatic carbocycles. The van der Waals surface area contributed by atoms with Crippen LogP contribution in [0.25, 0.3) is 21.5 Å². The Morgan fingerprint density at radius 3 is 2.47 bits per heavy atom. The van der Waals surface area contributed by atoms with Crippen LogP contribution < -0.4 is 4.74 Å². The number of rotatable bonds is 8. The van der Waals surface area contributed by atoms with Gasteiger partial charge in [-0.1, -0.05) is 72.9 Å². The van der Waals surface area contributed by atoms with Crippen LogP contribution in [0.5, 0.6) is 5.75 Å². The fraction of sp³-hybridized carbons (Fsp3) is 0.148. The molecule has 0 aliphatic rings. The minimum Gasteiger partial charge on any atom is -0.489 e. The summed E-state index contributed by atoms with van der Waals surface area (Å²) in [6.07, 6.45) is -0.957. The molecule has 1 N–H and O–H groups in total. The molecular weight excluding hydrogens is 420 g/mol. The second-order valence-electron chi connectivity index (χ2n) is 7.54. The number of esters is 1. The van der Waals surface area contributed by atoms with Crippen LogP contribution in [0, 0.1) is 0 Å². The van der Waals surface area contributed by atoms with E-state index in [2.05, 4.69) is 36.9 Å². The molecule has 4 nitrogen and oxygen atoms in total. The zero-order chi connectivity index (χ0) is 22.5.